The van der Waals surface area contributed by atoms with Crippen LogP contribution in [-0.2, 0) is 6.54 Å². The largest absolute Gasteiger partial charge is 0.497 e. The molecule has 4 aromatic carbocycles. The Morgan fingerprint density at radius 3 is 1.88 bits per heavy atom. The summed E-state index contributed by atoms with van der Waals surface area (Å²) in [6.07, 6.45) is 4.69. The highest BCUT2D eigenvalue weighted by Gasteiger charge is 2.19. The number of fused-ring (bicyclic) bond motifs is 3. The monoisotopic (exact) mass is 531 g/mol. The average molecular weight is 532 g/mol. The Kier molecular flexibility index (Phi) is 8.16. The second kappa shape index (κ2) is 11.9. The van der Waals surface area contributed by atoms with Gasteiger partial charge >= 0.3 is 0 Å². The Hall–Kier alpha value is -4.18. The Morgan fingerprint density at radius 2 is 1.32 bits per heavy atom. The molecule has 0 radical (unpaired) electrons. The van der Waals surface area contributed by atoms with Gasteiger partial charge in [0.2, 0.25) is 0 Å². The molecule has 0 N–H and O–H groups in total. The van der Waals surface area contributed by atoms with Gasteiger partial charge in [0.05, 0.1) is 7.11 Å². The minimum absolute atomic E-state index is 0.00416. The van der Waals surface area contributed by atoms with Crippen LogP contribution < -0.4 is 4.74 Å². The van der Waals surface area contributed by atoms with E-state index >= 15 is 0 Å². The molecule has 0 saturated heterocycles. The van der Waals surface area contributed by atoms with Crippen LogP contribution in [-0.4, -0.2) is 23.2 Å². The number of aryl methyl sites for hydroxylation is 1. The number of ether oxygens (including phenoxy) is 1. The third-order valence-electron chi connectivity index (χ3n) is 7.99. The predicted octanol–water partition coefficient (Wildman–Crippen LogP) is 8.79. The van der Waals surface area contributed by atoms with Gasteiger partial charge in [-0.25, -0.2) is 0 Å². The molecule has 0 aliphatic heterocycles. The molecule has 0 aliphatic carbocycles. The number of methoxy groups -OCH3 is 1. The highest BCUT2D eigenvalue weighted by Crippen LogP contribution is 2.33. The number of benzene rings is 4. The first-order valence-corrected chi connectivity index (χ1v) is 14.3. The summed E-state index contributed by atoms with van der Waals surface area (Å²) in [5, 5.41) is 1.99. The molecule has 1 unspecified atom stereocenters. The Bertz CT molecular complexity index is 1690. The van der Waals surface area contributed by atoms with Crippen LogP contribution in [0.5, 0.6) is 5.75 Å². The number of carbonyl (C=O) groups excluding carboxylic acids is 2. The van der Waals surface area contributed by atoms with Crippen LogP contribution >= 0.6 is 0 Å². The number of nitrogens with zero attached hydrogens (tertiary/aromatic N) is 1. The van der Waals surface area contributed by atoms with E-state index < -0.39 is 0 Å². The molecule has 4 heteroatoms. The van der Waals surface area contributed by atoms with Crippen molar-refractivity contribution in [1.82, 2.24) is 4.57 Å². The van der Waals surface area contributed by atoms with Crippen molar-refractivity contribution in [2.75, 3.05) is 7.11 Å². The zero-order chi connectivity index (χ0) is 28.2. The van der Waals surface area contributed by atoms with Crippen LogP contribution in [0, 0.1) is 12.8 Å². The molecular weight excluding hydrogens is 494 g/mol. The van der Waals surface area contributed by atoms with Crippen molar-refractivity contribution in [1.29, 1.82) is 0 Å². The topological polar surface area (TPSA) is 48.3 Å². The van der Waals surface area contributed by atoms with Crippen molar-refractivity contribution in [2.24, 2.45) is 5.92 Å². The summed E-state index contributed by atoms with van der Waals surface area (Å²) in [5.41, 5.74) is 5.78. The zero-order valence-corrected chi connectivity index (χ0v) is 23.9. The first-order valence-electron chi connectivity index (χ1n) is 14.3. The molecule has 0 amide bonds. The van der Waals surface area contributed by atoms with E-state index in [0.717, 1.165) is 40.3 Å². The Labute approximate surface area is 236 Å². The molecule has 204 valence electrons. The number of unbranched alkanes of at least 4 members (excludes halogenated alkanes) is 1. The second-order valence-electron chi connectivity index (χ2n) is 10.8. The van der Waals surface area contributed by atoms with Gasteiger partial charge in [-0.15, -0.1) is 0 Å². The lowest BCUT2D eigenvalue weighted by atomic mass is 9.98. The third-order valence-corrected chi connectivity index (χ3v) is 7.99. The summed E-state index contributed by atoms with van der Waals surface area (Å²) in [5.74, 6) is 1.17. The molecule has 4 nitrogen and oxygen atoms in total. The van der Waals surface area contributed by atoms with E-state index in [1.54, 1.807) is 13.2 Å². The predicted molar refractivity (Wildman–Crippen MR) is 164 cm³/mol. The van der Waals surface area contributed by atoms with Crippen molar-refractivity contribution >= 4 is 33.4 Å². The van der Waals surface area contributed by atoms with Crippen LogP contribution in [0.15, 0.2) is 84.9 Å². The summed E-state index contributed by atoms with van der Waals surface area (Å²) in [4.78, 5) is 27.0. The molecule has 1 atom stereocenters. The standard InChI is InChI=1S/C36H37NO3/c1-5-7-11-25(6-2)23-37-33-17-15-28(35(38)26-12-8-10-24(3)19-26)21-31(33)32-22-29(16-18-34(32)37)36(39)27-13-9-14-30(20-27)40-4/h8-10,12-22,25H,5-7,11,23H2,1-4H3. The molecule has 0 bridgehead atoms. The van der Waals surface area contributed by atoms with Crippen molar-refractivity contribution < 1.29 is 14.3 Å². The highest BCUT2D eigenvalue weighted by atomic mass is 16.5. The molecule has 1 heterocycles. The van der Waals surface area contributed by atoms with Gasteiger partial charge in [-0.3, -0.25) is 9.59 Å². The molecule has 5 rings (SSSR count). The summed E-state index contributed by atoms with van der Waals surface area (Å²) >= 11 is 0. The van der Waals surface area contributed by atoms with E-state index in [2.05, 4.69) is 30.5 Å². The van der Waals surface area contributed by atoms with Crippen molar-refractivity contribution in [3.05, 3.63) is 113 Å². The van der Waals surface area contributed by atoms with E-state index in [1.165, 1.54) is 19.3 Å². The van der Waals surface area contributed by atoms with Gasteiger partial charge in [-0.1, -0.05) is 69.0 Å². The van der Waals surface area contributed by atoms with Gasteiger partial charge in [-0.05, 0) is 73.9 Å². The van der Waals surface area contributed by atoms with Gasteiger partial charge < -0.3 is 9.30 Å². The smallest absolute Gasteiger partial charge is 0.193 e. The van der Waals surface area contributed by atoms with Crippen molar-refractivity contribution in [3.8, 4) is 5.75 Å². The molecule has 1 aromatic heterocycles. The van der Waals surface area contributed by atoms with Crippen LogP contribution in [0.1, 0.15) is 76.9 Å². The lowest BCUT2D eigenvalue weighted by Gasteiger charge is -2.17. The molecule has 0 saturated carbocycles. The summed E-state index contributed by atoms with van der Waals surface area (Å²) < 4.78 is 7.72. The third kappa shape index (κ3) is 5.44. The normalized spacial score (nSPS) is 12.1. The van der Waals surface area contributed by atoms with Crippen LogP contribution in [0.3, 0.4) is 0 Å². The van der Waals surface area contributed by atoms with E-state index in [9.17, 15) is 9.59 Å². The molecule has 0 spiro atoms. The molecule has 5 aromatic rings. The lowest BCUT2D eigenvalue weighted by molar-refractivity contribution is 0.103. The minimum atomic E-state index is -0.0527. The van der Waals surface area contributed by atoms with Crippen LogP contribution in [0.2, 0.25) is 0 Å². The van der Waals surface area contributed by atoms with Crippen molar-refractivity contribution in [3.63, 3.8) is 0 Å². The molecular formula is C36H37NO3. The number of hydrogen-bond donors (Lipinski definition) is 0. The fourth-order valence-electron chi connectivity index (χ4n) is 5.64. The molecule has 0 aliphatic rings. The highest BCUT2D eigenvalue weighted by molar-refractivity contribution is 6.17. The molecule has 40 heavy (non-hydrogen) atoms. The minimum Gasteiger partial charge on any atom is -0.497 e. The van der Waals surface area contributed by atoms with Gasteiger partial charge in [0, 0.05) is 50.6 Å². The maximum absolute atomic E-state index is 13.5. The average Bonchev–Trinajstić information content (AvgIpc) is 3.30. The fourth-order valence-corrected chi connectivity index (χ4v) is 5.64. The van der Waals surface area contributed by atoms with E-state index in [-0.39, 0.29) is 11.6 Å². The zero-order valence-electron chi connectivity index (χ0n) is 23.9. The fraction of sp³-hybridized carbons (Fsp3) is 0.278. The lowest BCUT2D eigenvalue weighted by Crippen LogP contribution is -2.10. The maximum atomic E-state index is 13.5. The van der Waals surface area contributed by atoms with Gasteiger partial charge in [0.25, 0.3) is 0 Å². The molecule has 0 fully saturated rings. The number of hydrogen-bond acceptors (Lipinski definition) is 3. The van der Waals surface area contributed by atoms with E-state index in [1.807, 2.05) is 73.7 Å². The van der Waals surface area contributed by atoms with Crippen LogP contribution in [0.4, 0.5) is 0 Å². The number of rotatable bonds is 11. The quantitative estimate of drug-likeness (QED) is 0.160. The summed E-state index contributed by atoms with van der Waals surface area (Å²) in [6.45, 7) is 7.40. The number of ketones is 2. The van der Waals surface area contributed by atoms with Gasteiger partial charge in [0.15, 0.2) is 11.6 Å². The maximum Gasteiger partial charge on any atom is 0.193 e. The SMILES string of the molecule is CCCCC(CC)Cn1c2ccc(C(=O)c3cccc(C)c3)cc2c2cc(C(=O)c3cccc(OC)c3)ccc21. The van der Waals surface area contributed by atoms with Crippen molar-refractivity contribution in [2.45, 2.75) is 53.0 Å². The van der Waals surface area contributed by atoms with E-state index in [4.69, 9.17) is 4.74 Å². The van der Waals surface area contributed by atoms with Gasteiger partial charge in [0.1, 0.15) is 5.75 Å². The van der Waals surface area contributed by atoms with E-state index in [0.29, 0.717) is 33.9 Å². The number of carbonyl (C=O) groups is 2. The first kappa shape index (κ1) is 27.4. The van der Waals surface area contributed by atoms with Crippen LogP contribution in [0.25, 0.3) is 21.8 Å². The second-order valence-corrected chi connectivity index (χ2v) is 10.8. The summed E-state index contributed by atoms with van der Waals surface area (Å²) in [7, 11) is 1.60. The first-order chi connectivity index (χ1) is 19.4. The Morgan fingerprint density at radius 1 is 0.750 bits per heavy atom. The number of aromatic nitrogens is 1. The summed E-state index contributed by atoms with van der Waals surface area (Å²) in [6, 6.07) is 27.0. The Balaban J connectivity index is 1.65. The van der Waals surface area contributed by atoms with Gasteiger partial charge in [-0.2, -0.15) is 0 Å².